The third kappa shape index (κ3) is 5.45. The second kappa shape index (κ2) is 8.29. The molecule has 0 aromatic heterocycles. The maximum Gasteiger partial charge on any atom is 0.258 e. The molecule has 5 nitrogen and oxygen atoms in total. The molecule has 0 saturated carbocycles. The zero-order chi connectivity index (χ0) is 15.8. The summed E-state index contributed by atoms with van der Waals surface area (Å²) in [5, 5.41) is 15.0. The second-order valence-corrected chi connectivity index (χ2v) is 5.31. The predicted molar refractivity (Wildman–Crippen MR) is 83.0 cm³/mol. The molecule has 0 aliphatic rings. The maximum absolute atomic E-state index is 11.7. The van der Waals surface area contributed by atoms with Crippen molar-refractivity contribution in [3.8, 4) is 5.75 Å². The third-order valence-corrected chi connectivity index (χ3v) is 3.40. The first-order valence-corrected chi connectivity index (χ1v) is 7.21. The molecule has 1 aromatic carbocycles. The predicted octanol–water partition coefficient (Wildman–Crippen LogP) is 2.81. The molecule has 0 aliphatic carbocycles. The summed E-state index contributed by atoms with van der Waals surface area (Å²) in [6.45, 7) is 7.99. The lowest BCUT2D eigenvalue weighted by atomic mass is 10.1. The number of rotatable bonds is 7. The molecule has 116 valence electrons. The first-order chi connectivity index (χ1) is 9.97. The van der Waals surface area contributed by atoms with Crippen molar-refractivity contribution in [1.29, 1.82) is 0 Å². The highest BCUT2D eigenvalue weighted by Gasteiger charge is 2.11. The number of oxime groups is 1. The van der Waals surface area contributed by atoms with Gasteiger partial charge in [0.15, 0.2) is 6.61 Å². The SMILES string of the molecule is CCC(=NO)c1ccc(OCC(=O)NC(C)C(C)C)cc1. The van der Waals surface area contributed by atoms with E-state index in [4.69, 9.17) is 9.94 Å². The van der Waals surface area contributed by atoms with Crippen LogP contribution in [0, 0.1) is 5.92 Å². The highest BCUT2D eigenvalue weighted by atomic mass is 16.5. The first-order valence-electron chi connectivity index (χ1n) is 7.21. The van der Waals surface area contributed by atoms with E-state index in [1.54, 1.807) is 12.1 Å². The average Bonchev–Trinajstić information content (AvgIpc) is 2.47. The van der Waals surface area contributed by atoms with Crippen LogP contribution in [0.1, 0.15) is 39.7 Å². The van der Waals surface area contributed by atoms with Gasteiger partial charge in [-0.1, -0.05) is 25.9 Å². The van der Waals surface area contributed by atoms with Crippen molar-refractivity contribution in [2.75, 3.05) is 6.61 Å². The van der Waals surface area contributed by atoms with E-state index in [-0.39, 0.29) is 18.6 Å². The van der Waals surface area contributed by atoms with E-state index in [0.717, 1.165) is 5.56 Å². The molecular formula is C16H24N2O3. The van der Waals surface area contributed by atoms with Crippen LogP contribution < -0.4 is 10.1 Å². The molecule has 2 N–H and O–H groups in total. The van der Waals surface area contributed by atoms with Crippen molar-refractivity contribution in [3.63, 3.8) is 0 Å². The van der Waals surface area contributed by atoms with E-state index in [2.05, 4.69) is 24.3 Å². The fourth-order valence-electron chi connectivity index (χ4n) is 1.69. The number of carbonyl (C=O) groups excluding carboxylic acids is 1. The number of amides is 1. The maximum atomic E-state index is 11.7. The molecule has 0 heterocycles. The normalized spacial score (nSPS) is 13.1. The zero-order valence-corrected chi connectivity index (χ0v) is 13.1. The minimum Gasteiger partial charge on any atom is -0.484 e. The summed E-state index contributed by atoms with van der Waals surface area (Å²) < 4.78 is 5.44. The Bertz CT molecular complexity index is 481. The number of hydrogen-bond donors (Lipinski definition) is 2. The lowest BCUT2D eigenvalue weighted by molar-refractivity contribution is -0.124. The smallest absolute Gasteiger partial charge is 0.258 e. The van der Waals surface area contributed by atoms with Crippen LogP contribution in [-0.2, 0) is 4.79 Å². The Labute approximate surface area is 126 Å². The molecule has 0 aliphatic heterocycles. The van der Waals surface area contributed by atoms with Gasteiger partial charge in [-0.15, -0.1) is 0 Å². The van der Waals surface area contributed by atoms with Crippen molar-refractivity contribution in [3.05, 3.63) is 29.8 Å². The number of hydrogen-bond acceptors (Lipinski definition) is 4. The topological polar surface area (TPSA) is 70.9 Å². The van der Waals surface area contributed by atoms with Crippen molar-refractivity contribution in [1.82, 2.24) is 5.32 Å². The van der Waals surface area contributed by atoms with Crippen LogP contribution >= 0.6 is 0 Å². The van der Waals surface area contributed by atoms with Crippen LogP contribution in [-0.4, -0.2) is 29.5 Å². The van der Waals surface area contributed by atoms with Crippen molar-refractivity contribution in [2.45, 2.75) is 40.2 Å². The highest BCUT2D eigenvalue weighted by Crippen LogP contribution is 2.14. The number of ether oxygens (including phenoxy) is 1. The quantitative estimate of drug-likeness (QED) is 0.461. The summed E-state index contributed by atoms with van der Waals surface area (Å²) in [5.41, 5.74) is 1.45. The van der Waals surface area contributed by atoms with Gasteiger partial charge in [0.25, 0.3) is 5.91 Å². The molecule has 0 bridgehead atoms. The summed E-state index contributed by atoms with van der Waals surface area (Å²) >= 11 is 0. The number of benzene rings is 1. The zero-order valence-electron chi connectivity index (χ0n) is 13.1. The van der Waals surface area contributed by atoms with Gasteiger partial charge in [0.1, 0.15) is 5.75 Å². The van der Waals surface area contributed by atoms with Crippen LogP contribution in [0.2, 0.25) is 0 Å². The van der Waals surface area contributed by atoms with Crippen LogP contribution in [0.5, 0.6) is 5.75 Å². The van der Waals surface area contributed by atoms with Crippen molar-refractivity contribution in [2.24, 2.45) is 11.1 Å². The molecule has 0 radical (unpaired) electrons. The van der Waals surface area contributed by atoms with Gasteiger partial charge in [0.05, 0.1) is 5.71 Å². The van der Waals surface area contributed by atoms with E-state index in [1.165, 1.54) is 0 Å². The molecule has 1 amide bonds. The molecular weight excluding hydrogens is 268 g/mol. The Hall–Kier alpha value is -2.04. The van der Waals surface area contributed by atoms with Gasteiger partial charge in [-0.3, -0.25) is 4.79 Å². The highest BCUT2D eigenvalue weighted by molar-refractivity contribution is 6.00. The summed E-state index contributed by atoms with van der Waals surface area (Å²) in [6.07, 6.45) is 0.645. The standard InChI is InChI=1S/C16H24N2O3/c1-5-15(18-20)13-6-8-14(9-7-13)21-10-16(19)17-12(4)11(2)3/h6-9,11-12,20H,5,10H2,1-4H3,(H,17,19). The molecule has 1 atom stereocenters. The van der Waals surface area contributed by atoms with Gasteiger partial charge in [-0.2, -0.15) is 0 Å². The van der Waals surface area contributed by atoms with E-state index in [9.17, 15) is 4.79 Å². The molecule has 5 heteroatoms. The second-order valence-electron chi connectivity index (χ2n) is 5.31. The van der Waals surface area contributed by atoms with Gasteiger partial charge in [0.2, 0.25) is 0 Å². The van der Waals surface area contributed by atoms with E-state index < -0.39 is 0 Å². The van der Waals surface area contributed by atoms with Crippen LogP contribution in [0.25, 0.3) is 0 Å². The molecule has 1 rings (SSSR count). The van der Waals surface area contributed by atoms with Crippen molar-refractivity contribution < 1.29 is 14.7 Å². The van der Waals surface area contributed by atoms with Gasteiger partial charge >= 0.3 is 0 Å². The lowest BCUT2D eigenvalue weighted by Crippen LogP contribution is -2.38. The van der Waals surface area contributed by atoms with Crippen molar-refractivity contribution >= 4 is 11.6 Å². The Kier molecular flexibility index (Phi) is 6.72. The van der Waals surface area contributed by atoms with Crippen LogP contribution in [0.4, 0.5) is 0 Å². The summed E-state index contributed by atoms with van der Waals surface area (Å²) in [4.78, 5) is 11.7. The van der Waals surface area contributed by atoms with Gasteiger partial charge < -0.3 is 15.3 Å². The Morgan fingerprint density at radius 2 is 1.90 bits per heavy atom. The Morgan fingerprint density at radius 3 is 2.38 bits per heavy atom. The van der Waals surface area contributed by atoms with Crippen LogP contribution in [0.3, 0.4) is 0 Å². The van der Waals surface area contributed by atoms with E-state index in [0.29, 0.717) is 23.8 Å². The summed E-state index contributed by atoms with van der Waals surface area (Å²) in [6, 6.07) is 7.26. The van der Waals surface area contributed by atoms with E-state index in [1.807, 2.05) is 26.0 Å². The molecule has 0 saturated heterocycles. The molecule has 0 spiro atoms. The lowest BCUT2D eigenvalue weighted by Gasteiger charge is -2.17. The fraction of sp³-hybridized carbons (Fsp3) is 0.500. The largest absolute Gasteiger partial charge is 0.484 e. The van der Waals surface area contributed by atoms with Gasteiger partial charge in [-0.25, -0.2) is 0 Å². The molecule has 21 heavy (non-hydrogen) atoms. The minimum absolute atomic E-state index is 0.00880. The monoisotopic (exact) mass is 292 g/mol. The Balaban J connectivity index is 2.51. The third-order valence-electron chi connectivity index (χ3n) is 3.40. The van der Waals surface area contributed by atoms with Gasteiger partial charge in [0, 0.05) is 6.04 Å². The molecule has 0 fully saturated rings. The number of nitrogens with one attached hydrogen (secondary N) is 1. The molecule has 1 aromatic rings. The number of nitrogens with zero attached hydrogens (tertiary/aromatic N) is 1. The minimum atomic E-state index is -0.133. The average molecular weight is 292 g/mol. The summed E-state index contributed by atoms with van der Waals surface area (Å²) in [7, 11) is 0. The molecule has 1 unspecified atom stereocenters. The van der Waals surface area contributed by atoms with E-state index >= 15 is 0 Å². The fourth-order valence-corrected chi connectivity index (χ4v) is 1.69. The van der Waals surface area contributed by atoms with Crippen LogP contribution in [0.15, 0.2) is 29.4 Å². The first kappa shape index (κ1) is 17.0. The summed E-state index contributed by atoms with van der Waals surface area (Å²) in [5.74, 6) is 0.865. The van der Waals surface area contributed by atoms with Gasteiger partial charge in [-0.05, 0) is 49.1 Å². The number of carbonyl (C=O) groups is 1. The Morgan fingerprint density at radius 1 is 1.29 bits per heavy atom.